The second kappa shape index (κ2) is 5.55. The molecule has 0 aromatic heterocycles. The Labute approximate surface area is 129 Å². The highest BCUT2D eigenvalue weighted by Gasteiger charge is 2.16. The van der Waals surface area contributed by atoms with Crippen LogP contribution in [0.4, 0.5) is 11.4 Å². The third-order valence-corrected chi connectivity index (χ3v) is 4.62. The molecule has 2 rings (SSSR count). The smallest absolute Gasteiger partial charge is 0.0470 e. The van der Waals surface area contributed by atoms with E-state index in [-0.39, 0.29) is 0 Å². The van der Waals surface area contributed by atoms with Crippen molar-refractivity contribution < 1.29 is 0 Å². The lowest BCUT2D eigenvalue weighted by Gasteiger charge is -2.29. The largest absolute Gasteiger partial charge is 0.344 e. The Hall–Kier alpha value is -1.76. The fraction of sp³-hybridized carbons (Fsp3) is 0.400. The molecule has 0 saturated carbocycles. The van der Waals surface area contributed by atoms with Gasteiger partial charge in [0.15, 0.2) is 0 Å². The summed E-state index contributed by atoms with van der Waals surface area (Å²) in [5, 5.41) is 0. The van der Waals surface area contributed by atoms with Gasteiger partial charge in [0.2, 0.25) is 0 Å². The van der Waals surface area contributed by atoms with Crippen molar-refractivity contribution in [2.24, 2.45) is 0 Å². The molecule has 0 atom stereocenters. The zero-order valence-electron chi connectivity index (χ0n) is 14.7. The zero-order chi connectivity index (χ0) is 15.9. The number of hydrogen-bond acceptors (Lipinski definition) is 1. The van der Waals surface area contributed by atoms with Crippen LogP contribution in [0.1, 0.15) is 38.9 Å². The first kappa shape index (κ1) is 15.6. The van der Waals surface area contributed by atoms with Crippen LogP contribution in [-0.4, -0.2) is 7.05 Å². The molecule has 1 heteroatoms. The molecule has 0 bridgehead atoms. The summed E-state index contributed by atoms with van der Waals surface area (Å²) in [5.74, 6) is 0. The molecule has 0 aliphatic heterocycles. The van der Waals surface area contributed by atoms with Crippen LogP contribution in [0.2, 0.25) is 0 Å². The molecule has 112 valence electrons. The third kappa shape index (κ3) is 2.70. The molecule has 0 aliphatic rings. The van der Waals surface area contributed by atoms with Gasteiger partial charge in [-0.25, -0.2) is 0 Å². The van der Waals surface area contributed by atoms with Crippen LogP contribution in [0.25, 0.3) is 0 Å². The summed E-state index contributed by atoms with van der Waals surface area (Å²) in [6.07, 6.45) is 0. The van der Waals surface area contributed by atoms with Crippen LogP contribution in [0.5, 0.6) is 0 Å². The molecule has 0 aliphatic carbocycles. The summed E-state index contributed by atoms with van der Waals surface area (Å²) in [6.45, 7) is 15.4. The highest BCUT2D eigenvalue weighted by Crippen LogP contribution is 2.36. The van der Waals surface area contributed by atoms with Crippen LogP contribution < -0.4 is 4.90 Å². The molecule has 0 N–H and O–H groups in total. The van der Waals surface area contributed by atoms with Gasteiger partial charge >= 0.3 is 0 Å². The summed E-state index contributed by atoms with van der Waals surface area (Å²) >= 11 is 0. The van der Waals surface area contributed by atoms with E-state index in [0.717, 1.165) is 0 Å². The first-order valence-corrected chi connectivity index (χ1v) is 7.63. The molecule has 21 heavy (non-hydrogen) atoms. The fourth-order valence-corrected chi connectivity index (χ4v) is 3.60. The van der Waals surface area contributed by atoms with Gasteiger partial charge in [0, 0.05) is 18.4 Å². The predicted octanol–water partition coefficient (Wildman–Crippen LogP) is 5.61. The normalized spacial score (nSPS) is 10.9. The van der Waals surface area contributed by atoms with Crippen molar-refractivity contribution in [1.29, 1.82) is 0 Å². The van der Waals surface area contributed by atoms with E-state index in [1.165, 1.54) is 50.3 Å². The van der Waals surface area contributed by atoms with Gasteiger partial charge in [-0.05, 0) is 81.8 Å². The van der Waals surface area contributed by atoms with Gasteiger partial charge in [0.1, 0.15) is 0 Å². The van der Waals surface area contributed by atoms with E-state index >= 15 is 0 Å². The molecule has 0 amide bonds. The van der Waals surface area contributed by atoms with E-state index in [1.807, 2.05) is 0 Å². The minimum absolute atomic E-state index is 1.33. The van der Waals surface area contributed by atoms with Crippen LogP contribution in [0, 0.1) is 48.5 Å². The quantitative estimate of drug-likeness (QED) is 0.691. The second-order valence-corrected chi connectivity index (χ2v) is 6.42. The average Bonchev–Trinajstić information content (AvgIpc) is 2.34. The SMILES string of the molecule is Cc1cc(C)c(N(C)c2c(C)cc(C)c(C)c2C)c(C)c1. The molecular formula is C20H27N. The summed E-state index contributed by atoms with van der Waals surface area (Å²) in [5.41, 5.74) is 12.2. The van der Waals surface area contributed by atoms with Crippen molar-refractivity contribution in [1.82, 2.24) is 0 Å². The molecule has 1 nitrogen and oxygen atoms in total. The Kier molecular flexibility index (Phi) is 4.13. The van der Waals surface area contributed by atoms with Crippen molar-refractivity contribution in [3.63, 3.8) is 0 Å². The van der Waals surface area contributed by atoms with Crippen molar-refractivity contribution in [3.05, 3.63) is 57.1 Å². The summed E-state index contributed by atoms with van der Waals surface area (Å²) in [7, 11) is 2.19. The highest BCUT2D eigenvalue weighted by atomic mass is 15.1. The summed E-state index contributed by atoms with van der Waals surface area (Å²) in [4.78, 5) is 2.36. The molecule has 0 heterocycles. The monoisotopic (exact) mass is 281 g/mol. The number of nitrogens with zero attached hydrogens (tertiary/aromatic N) is 1. The van der Waals surface area contributed by atoms with Crippen LogP contribution in [0.15, 0.2) is 18.2 Å². The van der Waals surface area contributed by atoms with Crippen molar-refractivity contribution in [3.8, 4) is 0 Å². The van der Waals surface area contributed by atoms with Crippen molar-refractivity contribution in [2.45, 2.75) is 48.5 Å². The lowest BCUT2D eigenvalue weighted by Crippen LogP contribution is -2.16. The summed E-state index contributed by atoms with van der Waals surface area (Å²) < 4.78 is 0. The number of hydrogen-bond donors (Lipinski definition) is 0. The molecule has 2 aromatic rings. The lowest BCUT2D eigenvalue weighted by atomic mass is 9.96. The van der Waals surface area contributed by atoms with Crippen molar-refractivity contribution in [2.75, 3.05) is 11.9 Å². The van der Waals surface area contributed by atoms with Gasteiger partial charge in [-0.15, -0.1) is 0 Å². The van der Waals surface area contributed by atoms with E-state index in [2.05, 4.69) is 78.6 Å². The van der Waals surface area contributed by atoms with Crippen LogP contribution in [0.3, 0.4) is 0 Å². The highest BCUT2D eigenvalue weighted by molar-refractivity contribution is 5.75. The summed E-state index contributed by atoms with van der Waals surface area (Å²) in [6, 6.07) is 6.84. The Bertz CT molecular complexity index is 672. The molecule has 0 fully saturated rings. The van der Waals surface area contributed by atoms with Crippen LogP contribution >= 0.6 is 0 Å². The van der Waals surface area contributed by atoms with Gasteiger partial charge in [-0.2, -0.15) is 0 Å². The molecule has 0 radical (unpaired) electrons. The third-order valence-electron chi connectivity index (χ3n) is 4.62. The second-order valence-electron chi connectivity index (χ2n) is 6.42. The maximum Gasteiger partial charge on any atom is 0.0470 e. The maximum absolute atomic E-state index is 2.36. The molecule has 0 spiro atoms. The van der Waals surface area contributed by atoms with Gasteiger partial charge in [-0.3, -0.25) is 0 Å². The number of aryl methyl sites for hydroxylation is 5. The van der Waals surface area contributed by atoms with E-state index in [1.54, 1.807) is 0 Å². The van der Waals surface area contributed by atoms with Gasteiger partial charge in [0.05, 0.1) is 0 Å². The Morgan fingerprint density at radius 1 is 0.571 bits per heavy atom. The fourth-order valence-electron chi connectivity index (χ4n) is 3.60. The predicted molar refractivity (Wildman–Crippen MR) is 94.1 cm³/mol. The molecule has 2 aromatic carbocycles. The molecule has 0 saturated heterocycles. The standard InChI is InChI=1S/C20H27N/c1-12-9-14(3)19(15(4)10-12)21(8)20-16(5)11-13(2)17(6)18(20)7/h9-11H,1-8H3. The maximum atomic E-state index is 2.36. The Morgan fingerprint density at radius 2 is 1.05 bits per heavy atom. The van der Waals surface area contributed by atoms with Gasteiger partial charge in [-0.1, -0.05) is 23.8 Å². The number of rotatable bonds is 2. The van der Waals surface area contributed by atoms with Crippen LogP contribution in [-0.2, 0) is 0 Å². The number of anilines is 2. The lowest BCUT2D eigenvalue weighted by molar-refractivity contribution is 1.10. The van der Waals surface area contributed by atoms with Gasteiger partial charge < -0.3 is 4.90 Å². The Balaban J connectivity index is 2.66. The first-order chi connectivity index (χ1) is 9.73. The average molecular weight is 281 g/mol. The Morgan fingerprint density at radius 3 is 1.57 bits per heavy atom. The minimum atomic E-state index is 1.33. The number of benzene rings is 2. The molecular weight excluding hydrogens is 254 g/mol. The van der Waals surface area contributed by atoms with E-state index < -0.39 is 0 Å². The first-order valence-electron chi connectivity index (χ1n) is 7.63. The van der Waals surface area contributed by atoms with E-state index in [4.69, 9.17) is 0 Å². The van der Waals surface area contributed by atoms with E-state index in [9.17, 15) is 0 Å². The molecule has 0 unspecified atom stereocenters. The zero-order valence-corrected chi connectivity index (χ0v) is 14.7. The van der Waals surface area contributed by atoms with E-state index in [0.29, 0.717) is 0 Å². The topological polar surface area (TPSA) is 3.24 Å². The van der Waals surface area contributed by atoms with Crippen molar-refractivity contribution >= 4 is 11.4 Å². The minimum Gasteiger partial charge on any atom is -0.344 e. The van der Waals surface area contributed by atoms with Gasteiger partial charge in [0.25, 0.3) is 0 Å².